The lowest BCUT2D eigenvalue weighted by Gasteiger charge is -2.28. The zero-order valence-corrected chi connectivity index (χ0v) is 26.1. The highest BCUT2D eigenvalue weighted by Gasteiger charge is 2.39. The molecule has 0 spiro atoms. The molecule has 3 aliphatic rings. The molecule has 4 aromatic carbocycles. The number of fused-ring (bicyclic) bond motifs is 6. The number of nitrogens with one attached hydrogen (secondary N) is 1. The molecule has 46 heavy (non-hydrogen) atoms. The van der Waals surface area contributed by atoms with Gasteiger partial charge in [0.2, 0.25) is 0 Å². The highest BCUT2D eigenvalue weighted by atomic mass is 15.2. The summed E-state index contributed by atoms with van der Waals surface area (Å²) in [6, 6.07) is 33.3. The molecule has 2 heterocycles. The summed E-state index contributed by atoms with van der Waals surface area (Å²) in [5.41, 5.74) is 12.4. The van der Waals surface area contributed by atoms with Gasteiger partial charge in [-0.2, -0.15) is 0 Å². The van der Waals surface area contributed by atoms with Crippen molar-refractivity contribution in [2.45, 2.75) is 31.7 Å². The molecule has 224 valence electrons. The van der Waals surface area contributed by atoms with Gasteiger partial charge in [-0.1, -0.05) is 121 Å². The van der Waals surface area contributed by atoms with Gasteiger partial charge in [0.05, 0.1) is 17.2 Å². The van der Waals surface area contributed by atoms with Crippen molar-refractivity contribution in [3.8, 4) is 5.69 Å². The first-order valence-corrected chi connectivity index (χ1v) is 16.3. The minimum atomic E-state index is 0.217. The van der Waals surface area contributed by atoms with Gasteiger partial charge < -0.3 is 14.8 Å². The third-order valence-electron chi connectivity index (χ3n) is 9.31. The van der Waals surface area contributed by atoms with E-state index in [1.54, 1.807) is 0 Å². The number of rotatable bonds is 7. The van der Waals surface area contributed by atoms with Gasteiger partial charge in [0, 0.05) is 50.9 Å². The molecule has 3 nitrogen and oxygen atoms in total. The average Bonchev–Trinajstić information content (AvgIpc) is 3.63. The Balaban J connectivity index is 1.21. The molecule has 3 heteroatoms. The maximum Gasteiger partial charge on any atom is 0.0773 e. The van der Waals surface area contributed by atoms with Crippen LogP contribution >= 0.6 is 0 Å². The van der Waals surface area contributed by atoms with Gasteiger partial charge >= 0.3 is 0 Å². The van der Waals surface area contributed by atoms with Crippen LogP contribution in [-0.2, 0) is 6.42 Å². The van der Waals surface area contributed by atoms with E-state index < -0.39 is 0 Å². The van der Waals surface area contributed by atoms with E-state index in [9.17, 15) is 0 Å². The lowest BCUT2D eigenvalue weighted by molar-refractivity contribution is 0.745. The topological polar surface area (TPSA) is 20.2 Å². The largest absolute Gasteiger partial charge is 0.353 e. The molecule has 0 amide bonds. The van der Waals surface area contributed by atoms with Gasteiger partial charge in [0.15, 0.2) is 0 Å². The molecule has 1 aromatic heterocycles. The Kier molecular flexibility index (Phi) is 7.36. The van der Waals surface area contributed by atoms with E-state index in [0.29, 0.717) is 0 Å². The molecular weight excluding hydrogens is 558 g/mol. The molecule has 5 aromatic rings. The second-order valence-electron chi connectivity index (χ2n) is 12.1. The van der Waals surface area contributed by atoms with Gasteiger partial charge in [-0.05, 0) is 67.8 Å². The van der Waals surface area contributed by atoms with Gasteiger partial charge in [0.25, 0.3) is 0 Å². The molecule has 0 bridgehead atoms. The molecule has 2 unspecified atom stereocenters. The molecule has 8 rings (SSSR count). The average molecular weight is 596 g/mol. The minimum Gasteiger partial charge on any atom is -0.353 e. The lowest BCUT2D eigenvalue weighted by atomic mass is 9.90. The highest BCUT2D eigenvalue weighted by Crippen LogP contribution is 2.51. The Bertz CT molecular complexity index is 2080. The van der Waals surface area contributed by atoms with Crippen molar-refractivity contribution in [1.29, 1.82) is 0 Å². The van der Waals surface area contributed by atoms with Crippen LogP contribution in [0.1, 0.15) is 41.6 Å². The predicted octanol–water partition coefficient (Wildman–Crippen LogP) is 11.2. The molecular formula is C43H37N3. The summed E-state index contributed by atoms with van der Waals surface area (Å²) < 4.78 is 2.48. The summed E-state index contributed by atoms with van der Waals surface area (Å²) in [7, 11) is 0. The van der Waals surface area contributed by atoms with Crippen molar-refractivity contribution in [3.05, 3.63) is 174 Å². The van der Waals surface area contributed by atoms with Gasteiger partial charge in [-0.3, -0.25) is 0 Å². The molecule has 0 radical (unpaired) electrons. The Hall–Kier alpha value is -5.54. The fourth-order valence-corrected chi connectivity index (χ4v) is 7.33. The molecule has 0 saturated heterocycles. The summed E-state index contributed by atoms with van der Waals surface area (Å²) in [4.78, 5) is 2.50. The Morgan fingerprint density at radius 1 is 0.739 bits per heavy atom. The number of hydrogen-bond acceptors (Lipinski definition) is 2. The minimum absolute atomic E-state index is 0.217. The molecule has 2 aliphatic carbocycles. The van der Waals surface area contributed by atoms with Crippen LogP contribution in [-0.4, -0.2) is 10.6 Å². The zero-order chi connectivity index (χ0) is 30.9. The maximum atomic E-state index is 3.97. The zero-order valence-electron chi connectivity index (χ0n) is 26.1. The second-order valence-corrected chi connectivity index (χ2v) is 12.1. The molecule has 1 aliphatic heterocycles. The van der Waals surface area contributed by atoms with Crippen LogP contribution in [0.25, 0.3) is 28.7 Å². The molecule has 0 fully saturated rings. The summed E-state index contributed by atoms with van der Waals surface area (Å²) >= 11 is 0. The van der Waals surface area contributed by atoms with Crippen molar-refractivity contribution in [3.63, 3.8) is 0 Å². The van der Waals surface area contributed by atoms with Gasteiger partial charge in [-0.25, -0.2) is 0 Å². The first-order chi connectivity index (χ1) is 22.8. The van der Waals surface area contributed by atoms with Crippen molar-refractivity contribution in [1.82, 2.24) is 4.57 Å². The fraction of sp³-hybridized carbons (Fsp3) is 0.116. The molecule has 0 saturated carbocycles. The third-order valence-corrected chi connectivity index (χ3v) is 9.31. The van der Waals surface area contributed by atoms with Crippen LogP contribution < -0.4 is 10.2 Å². The number of nitrogens with zero attached hydrogens (tertiary/aromatic N) is 2. The van der Waals surface area contributed by atoms with E-state index in [1.807, 2.05) is 25.2 Å². The predicted molar refractivity (Wildman–Crippen MR) is 197 cm³/mol. The standard InChI is InChI=1S/C43H37N3/c1-2-3-4-5-7-16-31-27-29-33(30-28-31)45-40-25-13-11-20-36(40)42-37(22-15-26-41(42)45)44-38-23-14-21-35-34-19-10-12-24-39(34)46(43(35)38)32-17-8-6-9-18-32/h2-11,13-23,25-30,36,40,44H,12,24H2,1H3/b3-2-,5-4-,16-7+. The van der Waals surface area contributed by atoms with E-state index in [-0.39, 0.29) is 12.0 Å². The van der Waals surface area contributed by atoms with E-state index in [0.717, 1.165) is 24.2 Å². The number of aromatic nitrogens is 1. The Morgan fingerprint density at radius 2 is 1.54 bits per heavy atom. The first kappa shape index (κ1) is 28.0. The van der Waals surface area contributed by atoms with E-state index in [4.69, 9.17) is 0 Å². The first-order valence-electron chi connectivity index (χ1n) is 16.3. The summed E-state index contributed by atoms with van der Waals surface area (Å²) in [6.45, 7) is 2.03. The van der Waals surface area contributed by atoms with Crippen LogP contribution in [0.15, 0.2) is 152 Å². The van der Waals surface area contributed by atoms with Gasteiger partial charge in [0.1, 0.15) is 0 Å². The lowest BCUT2D eigenvalue weighted by Crippen LogP contribution is -2.28. The normalized spacial score (nSPS) is 18.2. The van der Waals surface area contributed by atoms with Crippen LogP contribution in [0.3, 0.4) is 0 Å². The van der Waals surface area contributed by atoms with Crippen LogP contribution in [0.4, 0.5) is 22.7 Å². The highest BCUT2D eigenvalue weighted by molar-refractivity contribution is 6.02. The fourth-order valence-electron chi connectivity index (χ4n) is 7.33. The van der Waals surface area contributed by atoms with Crippen LogP contribution in [0.2, 0.25) is 0 Å². The van der Waals surface area contributed by atoms with Crippen LogP contribution in [0, 0.1) is 0 Å². The maximum absolute atomic E-state index is 3.97. The van der Waals surface area contributed by atoms with E-state index >= 15 is 0 Å². The van der Waals surface area contributed by atoms with Gasteiger partial charge in [-0.15, -0.1) is 0 Å². The van der Waals surface area contributed by atoms with Crippen molar-refractivity contribution in [2.75, 3.05) is 10.2 Å². The number of anilines is 4. The second kappa shape index (κ2) is 12.1. The number of hydrogen-bond donors (Lipinski definition) is 1. The number of para-hydroxylation sites is 2. The van der Waals surface area contributed by atoms with E-state index in [2.05, 4.69) is 160 Å². The van der Waals surface area contributed by atoms with Crippen molar-refractivity contribution in [2.24, 2.45) is 0 Å². The Morgan fingerprint density at radius 3 is 2.41 bits per heavy atom. The summed E-state index contributed by atoms with van der Waals surface area (Å²) in [6.07, 6.45) is 28.2. The summed E-state index contributed by atoms with van der Waals surface area (Å²) in [5.74, 6) is 0.247. The van der Waals surface area contributed by atoms with E-state index in [1.165, 1.54) is 50.3 Å². The quantitative estimate of drug-likeness (QED) is 0.189. The summed E-state index contributed by atoms with van der Waals surface area (Å²) in [5, 5.41) is 5.26. The van der Waals surface area contributed by atoms with Crippen molar-refractivity contribution < 1.29 is 0 Å². The third kappa shape index (κ3) is 4.85. The SMILES string of the molecule is C\C=C/C=C\C=C\c1ccc(N2c3cccc(Nc4cccc5c6c(n(-c7ccccc7)c45)CCC=C6)c3C3C=CC=CC32)cc1. The molecule has 2 atom stereocenters. The number of benzene rings is 4. The smallest absolute Gasteiger partial charge is 0.0773 e. The molecule has 1 N–H and O–H groups in total. The number of allylic oxidation sites excluding steroid dienone is 8. The van der Waals surface area contributed by atoms with Crippen molar-refractivity contribution >= 4 is 45.8 Å². The Labute approximate surface area is 271 Å². The monoisotopic (exact) mass is 595 g/mol. The van der Waals surface area contributed by atoms with Crippen LogP contribution in [0.5, 0.6) is 0 Å².